The van der Waals surface area contributed by atoms with Crippen LogP contribution in [0.2, 0.25) is 0 Å². The zero-order valence-corrected chi connectivity index (χ0v) is 22.2. The maximum atomic E-state index is 12.7. The number of imidazole rings is 1. The molecule has 8 nitrogen and oxygen atoms in total. The molecule has 1 unspecified atom stereocenters. The smallest absolute Gasteiger partial charge is 0.242 e. The lowest BCUT2D eigenvalue weighted by atomic mass is 10.0. The summed E-state index contributed by atoms with van der Waals surface area (Å²) in [6.45, 7) is 6.72. The summed E-state index contributed by atoms with van der Waals surface area (Å²) in [7, 11) is 1.37. The maximum absolute atomic E-state index is 12.7. The van der Waals surface area contributed by atoms with Gasteiger partial charge in [0.05, 0.1) is 15.9 Å². The van der Waals surface area contributed by atoms with Gasteiger partial charge in [0.25, 0.3) is 0 Å². The molecule has 0 radical (unpaired) electrons. The van der Waals surface area contributed by atoms with Crippen LogP contribution in [0.15, 0.2) is 53.4 Å². The van der Waals surface area contributed by atoms with Crippen LogP contribution in [0.25, 0.3) is 11.0 Å². The van der Waals surface area contributed by atoms with E-state index in [4.69, 9.17) is 0 Å². The number of amides is 1. The minimum absolute atomic E-state index is 0.0156. The van der Waals surface area contributed by atoms with Gasteiger partial charge in [-0.15, -0.1) is 0 Å². The lowest BCUT2D eigenvalue weighted by Gasteiger charge is -2.30. The quantitative estimate of drug-likeness (QED) is 0.414. The van der Waals surface area contributed by atoms with Gasteiger partial charge in [-0.05, 0) is 43.3 Å². The Hall–Kier alpha value is -2.75. The van der Waals surface area contributed by atoms with Crippen LogP contribution in [-0.2, 0) is 34.7 Å². The standard InChI is InChI=1S/C26H37N5O3S/c1-6-31(7-2)21(17-20-11-9-8-10-12-20)19-27-26(32)16-15-25-28-23-18-22(35(33,34)29(3)4)13-14-24(23)30(25)5/h8-14,18,21H,6-7,15-17,19H2,1-5H3,(H,27,32). The molecular weight excluding hydrogens is 462 g/mol. The number of sulfonamides is 1. The predicted molar refractivity (Wildman–Crippen MR) is 140 cm³/mol. The SMILES string of the molecule is CCN(CC)C(CNC(=O)CCc1nc2cc(S(=O)(=O)N(C)C)ccc2n1C)Cc1ccccc1. The zero-order chi connectivity index (χ0) is 25.6. The summed E-state index contributed by atoms with van der Waals surface area (Å²) >= 11 is 0. The Morgan fingerprint density at radius 1 is 1.09 bits per heavy atom. The van der Waals surface area contributed by atoms with E-state index < -0.39 is 10.0 Å². The van der Waals surface area contributed by atoms with Crippen LogP contribution in [-0.4, -0.2) is 72.9 Å². The highest BCUT2D eigenvalue weighted by Gasteiger charge is 2.20. The van der Waals surface area contributed by atoms with Gasteiger partial charge in [0.2, 0.25) is 15.9 Å². The summed E-state index contributed by atoms with van der Waals surface area (Å²) in [6.07, 6.45) is 1.67. The number of nitrogens with zero attached hydrogens (tertiary/aromatic N) is 4. The number of hydrogen-bond donors (Lipinski definition) is 1. The molecule has 1 N–H and O–H groups in total. The molecule has 0 saturated heterocycles. The van der Waals surface area contributed by atoms with Crippen molar-refractivity contribution in [3.05, 3.63) is 59.9 Å². The van der Waals surface area contributed by atoms with E-state index in [1.165, 1.54) is 24.0 Å². The first-order chi connectivity index (χ1) is 16.7. The zero-order valence-electron chi connectivity index (χ0n) is 21.4. The van der Waals surface area contributed by atoms with Crippen molar-refractivity contribution >= 4 is 27.0 Å². The highest BCUT2D eigenvalue weighted by molar-refractivity contribution is 7.89. The predicted octanol–water partition coefficient (Wildman–Crippen LogP) is 2.83. The lowest BCUT2D eigenvalue weighted by molar-refractivity contribution is -0.121. The topological polar surface area (TPSA) is 87.5 Å². The molecule has 0 aliphatic rings. The number of aromatic nitrogens is 2. The second kappa shape index (κ2) is 11.8. The van der Waals surface area contributed by atoms with E-state index in [2.05, 4.69) is 41.2 Å². The van der Waals surface area contributed by atoms with Crippen LogP contribution >= 0.6 is 0 Å². The number of hydrogen-bond acceptors (Lipinski definition) is 5. The molecule has 0 aliphatic carbocycles. The number of likely N-dealkylation sites (N-methyl/N-ethyl adjacent to an activating group) is 1. The summed E-state index contributed by atoms with van der Waals surface area (Å²) in [5, 5.41) is 3.11. The summed E-state index contributed by atoms with van der Waals surface area (Å²) < 4.78 is 28.0. The van der Waals surface area contributed by atoms with E-state index in [9.17, 15) is 13.2 Å². The van der Waals surface area contributed by atoms with Gasteiger partial charge in [-0.1, -0.05) is 44.2 Å². The van der Waals surface area contributed by atoms with E-state index in [1.54, 1.807) is 18.2 Å². The number of carbonyl (C=O) groups is 1. The van der Waals surface area contributed by atoms with Crippen molar-refractivity contribution in [2.24, 2.45) is 7.05 Å². The van der Waals surface area contributed by atoms with Crippen molar-refractivity contribution in [3.8, 4) is 0 Å². The van der Waals surface area contributed by atoms with Crippen LogP contribution in [0.3, 0.4) is 0 Å². The van der Waals surface area contributed by atoms with E-state index in [0.717, 1.165) is 30.9 Å². The molecule has 0 bridgehead atoms. The Balaban J connectivity index is 1.64. The monoisotopic (exact) mass is 499 g/mol. The van der Waals surface area contributed by atoms with E-state index in [1.807, 2.05) is 29.8 Å². The fourth-order valence-electron chi connectivity index (χ4n) is 4.33. The largest absolute Gasteiger partial charge is 0.355 e. The Morgan fingerprint density at radius 3 is 2.40 bits per heavy atom. The first-order valence-corrected chi connectivity index (χ1v) is 13.5. The van der Waals surface area contributed by atoms with Crippen LogP contribution < -0.4 is 5.32 Å². The van der Waals surface area contributed by atoms with Gasteiger partial charge < -0.3 is 9.88 Å². The molecule has 0 fully saturated rings. The van der Waals surface area contributed by atoms with Gasteiger partial charge in [0.15, 0.2) is 0 Å². The molecular formula is C26H37N5O3S. The summed E-state index contributed by atoms with van der Waals surface area (Å²) in [6, 6.07) is 15.5. The second-order valence-corrected chi connectivity index (χ2v) is 11.0. The number of rotatable bonds is 12. The maximum Gasteiger partial charge on any atom is 0.242 e. The van der Waals surface area contributed by atoms with E-state index in [-0.39, 0.29) is 16.8 Å². The second-order valence-electron chi connectivity index (χ2n) is 8.89. The normalized spacial score (nSPS) is 13.0. The number of nitrogens with one attached hydrogen (secondary N) is 1. The molecule has 35 heavy (non-hydrogen) atoms. The van der Waals surface area contributed by atoms with E-state index in [0.29, 0.717) is 24.9 Å². The van der Waals surface area contributed by atoms with Gasteiger partial charge in [-0.25, -0.2) is 17.7 Å². The van der Waals surface area contributed by atoms with Gasteiger partial charge in [-0.3, -0.25) is 9.69 Å². The Kier molecular flexibility index (Phi) is 9.04. The first-order valence-electron chi connectivity index (χ1n) is 12.1. The van der Waals surface area contributed by atoms with Gasteiger partial charge >= 0.3 is 0 Å². The molecule has 3 aromatic rings. The molecule has 9 heteroatoms. The molecule has 1 heterocycles. The third kappa shape index (κ3) is 6.48. The van der Waals surface area contributed by atoms with Gasteiger partial charge in [-0.2, -0.15) is 0 Å². The van der Waals surface area contributed by atoms with Crippen LogP contribution in [0.4, 0.5) is 0 Å². The van der Waals surface area contributed by atoms with Crippen molar-refractivity contribution in [2.45, 2.75) is 44.0 Å². The van der Waals surface area contributed by atoms with Crippen molar-refractivity contribution in [1.82, 2.24) is 24.1 Å². The molecule has 2 aromatic carbocycles. The average Bonchev–Trinajstić information content (AvgIpc) is 3.17. The van der Waals surface area contributed by atoms with Gasteiger partial charge in [0, 0.05) is 46.6 Å². The van der Waals surface area contributed by atoms with Crippen LogP contribution in [0.1, 0.15) is 31.7 Å². The van der Waals surface area contributed by atoms with E-state index >= 15 is 0 Å². The fourth-order valence-corrected chi connectivity index (χ4v) is 5.25. The molecule has 1 atom stereocenters. The Morgan fingerprint density at radius 2 is 1.77 bits per heavy atom. The molecule has 0 aliphatic heterocycles. The average molecular weight is 500 g/mol. The molecule has 190 valence electrons. The molecule has 0 spiro atoms. The van der Waals surface area contributed by atoms with Crippen LogP contribution in [0, 0.1) is 0 Å². The summed E-state index contributed by atoms with van der Waals surface area (Å²) in [4.78, 5) is 19.9. The van der Waals surface area contributed by atoms with Crippen molar-refractivity contribution in [3.63, 3.8) is 0 Å². The Bertz CT molecular complexity index is 1230. The molecule has 3 rings (SSSR count). The number of carbonyl (C=O) groups excluding carboxylic acids is 1. The molecule has 1 aromatic heterocycles. The minimum atomic E-state index is -3.53. The van der Waals surface area contributed by atoms with Gasteiger partial charge in [0.1, 0.15) is 5.82 Å². The Labute approximate surface area is 209 Å². The van der Waals surface area contributed by atoms with Crippen molar-refractivity contribution in [1.29, 1.82) is 0 Å². The number of benzene rings is 2. The number of aryl methyl sites for hydroxylation is 2. The van der Waals surface area contributed by atoms with Crippen LogP contribution in [0.5, 0.6) is 0 Å². The third-order valence-corrected chi connectivity index (χ3v) is 8.29. The highest BCUT2D eigenvalue weighted by Crippen LogP contribution is 2.22. The highest BCUT2D eigenvalue weighted by atomic mass is 32.2. The summed E-state index contributed by atoms with van der Waals surface area (Å²) in [5.74, 6) is 0.734. The first kappa shape index (κ1) is 26.8. The lowest BCUT2D eigenvalue weighted by Crippen LogP contribution is -2.45. The molecule has 0 saturated carbocycles. The van der Waals surface area contributed by atoms with Crippen molar-refractivity contribution < 1.29 is 13.2 Å². The summed E-state index contributed by atoms with van der Waals surface area (Å²) in [5.41, 5.74) is 2.70. The molecule has 1 amide bonds. The fraction of sp³-hybridized carbons (Fsp3) is 0.462. The number of fused-ring (bicyclic) bond motifs is 1. The third-order valence-electron chi connectivity index (χ3n) is 6.48. The van der Waals surface area contributed by atoms with Crippen molar-refractivity contribution in [2.75, 3.05) is 33.7 Å². The minimum Gasteiger partial charge on any atom is -0.355 e.